The van der Waals surface area contributed by atoms with Crippen molar-refractivity contribution >= 4 is 23.4 Å². The van der Waals surface area contributed by atoms with Crippen LogP contribution in [0.2, 0.25) is 0 Å². The molecule has 0 radical (unpaired) electrons. The van der Waals surface area contributed by atoms with Gasteiger partial charge in [-0.2, -0.15) is 11.8 Å². The van der Waals surface area contributed by atoms with Crippen LogP contribution in [-0.2, 0) is 0 Å². The molecule has 2 N–H and O–H groups in total. The van der Waals surface area contributed by atoms with Crippen LogP contribution in [0.25, 0.3) is 0 Å². The summed E-state index contributed by atoms with van der Waals surface area (Å²) >= 11 is 1.73. The molecule has 16 heavy (non-hydrogen) atoms. The topological polar surface area (TPSA) is 54.0 Å². The highest BCUT2D eigenvalue weighted by atomic mass is 32.2. The number of hydrogen-bond donors (Lipinski definition) is 2. The summed E-state index contributed by atoms with van der Waals surface area (Å²) in [6.07, 6.45) is 5.26. The number of nitrogens with one attached hydrogen (secondary N) is 2. The summed E-state index contributed by atoms with van der Waals surface area (Å²) in [6.45, 7) is 2.74. The molecular weight excluding hydrogens is 222 g/mol. The average Bonchev–Trinajstić information content (AvgIpc) is 2.35. The Kier molecular flexibility index (Phi) is 5.11. The molecule has 0 saturated carbocycles. The Balaban J connectivity index is 2.65. The number of thioether (sulfide) groups is 1. The standard InChI is InChI=1S/C11H17N3OS/c1-8(16-3)6-14-11(15)9-7-13-5-4-10(9)12-2/h4-5,7-8H,6H2,1-3H3,(H,12,13)(H,14,15). The molecule has 5 heteroatoms. The number of rotatable bonds is 5. The second-order valence-electron chi connectivity index (χ2n) is 3.43. The van der Waals surface area contributed by atoms with Crippen LogP contribution in [0.5, 0.6) is 0 Å². The zero-order valence-electron chi connectivity index (χ0n) is 9.78. The third-order valence-corrected chi connectivity index (χ3v) is 3.26. The number of aromatic nitrogens is 1. The molecule has 1 aromatic rings. The van der Waals surface area contributed by atoms with E-state index >= 15 is 0 Å². The highest BCUT2D eigenvalue weighted by Crippen LogP contribution is 2.12. The van der Waals surface area contributed by atoms with Crippen LogP contribution in [0.4, 0.5) is 5.69 Å². The normalized spacial score (nSPS) is 11.9. The summed E-state index contributed by atoms with van der Waals surface area (Å²) in [5.41, 5.74) is 1.38. The predicted octanol–water partition coefficient (Wildman–Crippen LogP) is 1.60. The molecule has 4 nitrogen and oxygen atoms in total. The number of anilines is 1. The van der Waals surface area contributed by atoms with Crippen molar-refractivity contribution < 1.29 is 4.79 Å². The first-order valence-corrected chi connectivity index (χ1v) is 6.40. The molecule has 0 aliphatic heterocycles. The summed E-state index contributed by atoms with van der Waals surface area (Å²) in [7, 11) is 1.79. The van der Waals surface area contributed by atoms with Gasteiger partial charge in [-0.15, -0.1) is 0 Å². The third kappa shape index (κ3) is 3.41. The zero-order valence-corrected chi connectivity index (χ0v) is 10.6. The maximum absolute atomic E-state index is 11.8. The van der Waals surface area contributed by atoms with Crippen molar-refractivity contribution in [1.82, 2.24) is 10.3 Å². The predicted molar refractivity (Wildman–Crippen MR) is 69.1 cm³/mol. The van der Waals surface area contributed by atoms with Crippen LogP contribution < -0.4 is 10.6 Å². The smallest absolute Gasteiger partial charge is 0.254 e. The average molecular weight is 239 g/mol. The van der Waals surface area contributed by atoms with Gasteiger partial charge in [-0.3, -0.25) is 9.78 Å². The Morgan fingerprint density at radius 3 is 3.00 bits per heavy atom. The van der Waals surface area contributed by atoms with Crippen LogP contribution in [0.15, 0.2) is 18.5 Å². The van der Waals surface area contributed by atoms with E-state index in [1.165, 1.54) is 0 Å². The SMILES string of the molecule is CNc1ccncc1C(=O)NCC(C)SC. The monoisotopic (exact) mass is 239 g/mol. The molecule has 1 heterocycles. The van der Waals surface area contributed by atoms with Gasteiger partial charge >= 0.3 is 0 Å². The number of nitrogens with zero attached hydrogens (tertiary/aromatic N) is 1. The number of pyridine rings is 1. The molecule has 0 aliphatic carbocycles. The van der Waals surface area contributed by atoms with Crippen molar-refractivity contribution in [3.63, 3.8) is 0 Å². The van der Waals surface area contributed by atoms with Gasteiger partial charge in [0.2, 0.25) is 0 Å². The van der Waals surface area contributed by atoms with Gasteiger partial charge in [0.05, 0.1) is 5.56 Å². The van der Waals surface area contributed by atoms with Gasteiger partial charge in [-0.05, 0) is 12.3 Å². The molecule has 0 aromatic carbocycles. The van der Waals surface area contributed by atoms with Gasteiger partial charge in [0, 0.05) is 36.9 Å². The minimum Gasteiger partial charge on any atom is -0.387 e. The lowest BCUT2D eigenvalue weighted by molar-refractivity contribution is 0.0954. The van der Waals surface area contributed by atoms with Gasteiger partial charge in [-0.25, -0.2) is 0 Å². The molecular formula is C11H17N3OS. The molecule has 88 valence electrons. The molecule has 0 fully saturated rings. The fourth-order valence-corrected chi connectivity index (χ4v) is 1.46. The molecule has 0 saturated heterocycles. The molecule has 1 unspecified atom stereocenters. The van der Waals surface area contributed by atoms with Crippen molar-refractivity contribution in [3.05, 3.63) is 24.0 Å². The first-order chi connectivity index (χ1) is 7.69. The van der Waals surface area contributed by atoms with E-state index in [2.05, 4.69) is 22.5 Å². The Labute approximate surface area is 100 Å². The van der Waals surface area contributed by atoms with E-state index in [0.717, 1.165) is 5.69 Å². The number of carbonyl (C=O) groups excluding carboxylic acids is 1. The first kappa shape index (κ1) is 12.8. The molecule has 0 bridgehead atoms. The fraction of sp³-hybridized carbons (Fsp3) is 0.455. The van der Waals surface area contributed by atoms with Crippen LogP contribution in [0.1, 0.15) is 17.3 Å². The van der Waals surface area contributed by atoms with E-state index in [1.54, 1.807) is 37.3 Å². The molecule has 1 aromatic heterocycles. The van der Waals surface area contributed by atoms with Crippen LogP contribution >= 0.6 is 11.8 Å². The summed E-state index contributed by atoms with van der Waals surface area (Å²) in [5, 5.41) is 6.27. The van der Waals surface area contributed by atoms with Crippen molar-refractivity contribution in [1.29, 1.82) is 0 Å². The molecule has 1 rings (SSSR count). The van der Waals surface area contributed by atoms with Gasteiger partial charge in [-0.1, -0.05) is 6.92 Å². The van der Waals surface area contributed by atoms with E-state index in [9.17, 15) is 4.79 Å². The Morgan fingerprint density at radius 2 is 2.38 bits per heavy atom. The van der Waals surface area contributed by atoms with Crippen molar-refractivity contribution in [2.45, 2.75) is 12.2 Å². The second kappa shape index (κ2) is 6.37. The minimum absolute atomic E-state index is 0.0849. The summed E-state index contributed by atoms with van der Waals surface area (Å²) in [6, 6.07) is 1.78. The van der Waals surface area contributed by atoms with Gasteiger partial charge in [0.25, 0.3) is 5.91 Å². The van der Waals surface area contributed by atoms with Crippen LogP contribution in [0.3, 0.4) is 0 Å². The number of hydrogen-bond acceptors (Lipinski definition) is 4. The van der Waals surface area contributed by atoms with Gasteiger partial charge < -0.3 is 10.6 Å². The summed E-state index contributed by atoms with van der Waals surface area (Å²) in [5.74, 6) is -0.0849. The molecule has 1 atom stereocenters. The molecule has 0 spiro atoms. The quantitative estimate of drug-likeness (QED) is 0.819. The van der Waals surface area contributed by atoms with E-state index in [4.69, 9.17) is 0 Å². The van der Waals surface area contributed by atoms with Crippen LogP contribution in [-0.4, -0.2) is 36.0 Å². The highest BCUT2D eigenvalue weighted by Gasteiger charge is 2.11. The fourth-order valence-electron chi connectivity index (χ4n) is 1.21. The van der Waals surface area contributed by atoms with E-state index in [-0.39, 0.29) is 5.91 Å². The van der Waals surface area contributed by atoms with Gasteiger partial charge in [0.1, 0.15) is 0 Å². The maximum Gasteiger partial charge on any atom is 0.254 e. The first-order valence-electron chi connectivity index (χ1n) is 5.11. The lowest BCUT2D eigenvalue weighted by atomic mass is 10.2. The number of carbonyl (C=O) groups is 1. The van der Waals surface area contributed by atoms with Crippen molar-refractivity contribution in [2.75, 3.05) is 25.2 Å². The van der Waals surface area contributed by atoms with Crippen molar-refractivity contribution in [2.24, 2.45) is 0 Å². The zero-order chi connectivity index (χ0) is 12.0. The highest BCUT2D eigenvalue weighted by molar-refractivity contribution is 7.99. The third-order valence-electron chi connectivity index (χ3n) is 2.29. The largest absolute Gasteiger partial charge is 0.387 e. The molecule has 0 aliphatic rings. The lowest BCUT2D eigenvalue weighted by Gasteiger charge is -2.11. The second-order valence-corrected chi connectivity index (χ2v) is 4.70. The van der Waals surface area contributed by atoms with Crippen LogP contribution in [0, 0.1) is 0 Å². The molecule has 1 amide bonds. The van der Waals surface area contributed by atoms with E-state index in [1.807, 2.05) is 6.26 Å². The minimum atomic E-state index is -0.0849. The Bertz CT molecular complexity index is 357. The Morgan fingerprint density at radius 1 is 1.62 bits per heavy atom. The van der Waals surface area contributed by atoms with Gasteiger partial charge in [0.15, 0.2) is 0 Å². The van der Waals surface area contributed by atoms with E-state index in [0.29, 0.717) is 17.4 Å². The van der Waals surface area contributed by atoms with E-state index < -0.39 is 0 Å². The summed E-state index contributed by atoms with van der Waals surface area (Å²) in [4.78, 5) is 15.8. The number of amides is 1. The summed E-state index contributed by atoms with van der Waals surface area (Å²) < 4.78 is 0. The van der Waals surface area contributed by atoms with Crippen molar-refractivity contribution in [3.8, 4) is 0 Å². The lowest BCUT2D eigenvalue weighted by Crippen LogP contribution is -2.29. The maximum atomic E-state index is 11.8. The Hall–Kier alpha value is -1.23.